The summed E-state index contributed by atoms with van der Waals surface area (Å²) in [7, 11) is 3.10. The average molecular weight is 480 g/mol. The van der Waals surface area contributed by atoms with Gasteiger partial charge in [-0.25, -0.2) is 10.3 Å². The Labute approximate surface area is 206 Å². The first-order chi connectivity index (χ1) is 16.7. The Balaban J connectivity index is 1.78. The van der Waals surface area contributed by atoms with Gasteiger partial charge in [0.2, 0.25) is 5.91 Å². The van der Waals surface area contributed by atoms with E-state index >= 15 is 0 Å². The number of allylic oxidation sites excluding steroid dienone is 2. The minimum atomic E-state index is -0.913. The van der Waals surface area contributed by atoms with Gasteiger partial charge in [-0.15, -0.1) is 0 Å². The Hall–Kier alpha value is -3.29. The number of hydrogen-bond acceptors (Lipinski definition) is 6. The van der Waals surface area contributed by atoms with Crippen LogP contribution in [-0.4, -0.2) is 37.5 Å². The zero-order chi connectivity index (χ0) is 25.6. The van der Waals surface area contributed by atoms with E-state index in [0.717, 1.165) is 5.56 Å². The maximum absolute atomic E-state index is 13.5. The number of rotatable bonds is 11. The summed E-state index contributed by atoms with van der Waals surface area (Å²) in [4.78, 5) is 44.0. The zero-order valence-electron chi connectivity index (χ0n) is 21.0. The molecular weight excluding hydrogens is 446 g/mol. The number of amides is 1. The predicted molar refractivity (Wildman–Crippen MR) is 132 cm³/mol. The Bertz CT molecular complexity index is 1120. The molecule has 1 atom stereocenters. The number of ketones is 2. The van der Waals surface area contributed by atoms with E-state index in [2.05, 4.69) is 5.48 Å². The first-order valence-corrected chi connectivity index (χ1v) is 11.7. The monoisotopic (exact) mass is 479 g/mol. The second-order valence-corrected chi connectivity index (χ2v) is 9.05. The molecule has 0 heterocycles. The number of carbonyl (C=O) groups is 3. The smallest absolute Gasteiger partial charge is 0.243 e. The first kappa shape index (κ1) is 26.3. The lowest BCUT2D eigenvalue weighted by Gasteiger charge is -2.26. The summed E-state index contributed by atoms with van der Waals surface area (Å²) in [5.74, 6) is -0.965. The fourth-order valence-electron chi connectivity index (χ4n) is 4.16. The number of fused-ring (bicyclic) bond motifs is 1. The number of ether oxygens (including phenoxy) is 2. The Morgan fingerprint density at radius 2 is 1.57 bits per heavy atom. The average Bonchev–Trinajstić information content (AvgIpc) is 2.87. The number of hydroxylamine groups is 1. The Morgan fingerprint density at radius 3 is 2.17 bits per heavy atom. The van der Waals surface area contributed by atoms with Crippen LogP contribution >= 0.6 is 0 Å². The molecule has 0 saturated carbocycles. The summed E-state index contributed by atoms with van der Waals surface area (Å²) < 4.78 is 10.4. The molecule has 35 heavy (non-hydrogen) atoms. The molecule has 1 aliphatic carbocycles. The van der Waals surface area contributed by atoms with Gasteiger partial charge in [0.15, 0.2) is 17.4 Å². The molecule has 1 unspecified atom stereocenters. The van der Waals surface area contributed by atoms with Gasteiger partial charge in [0.05, 0.1) is 7.11 Å². The number of methoxy groups -OCH3 is 2. The highest BCUT2D eigenvalue weighted by molar-refractivity contribution is 6.27. The fraction of sp³-hybridized carbons (Fsp3) is 0.393. The summed E-state index contributed by atoms with van der Waals surface area (Å²) in [6, 6.07) is 14.5. The van der Waals surface area contributed by atoms with Crippen LogP contribution in [0.5, 0.6) is 5.75 Å². The van der Waals surface area contributed by atoms with Crippen molar-refractivity contribution in [3.05, 3.63) is 76.4 Å². The topological polar surface area (TPSA) is 90.9 Å². The van der Waals surface area contributed by atoms with Gasteiger partial charge in [-0.1, -0.05) is 42.8 Å². The molecule has 1 aliphatic rings. The number of hydrogen-bond donors (Lipinski definition) is 1. The van der Waals surface area contributed by atoms with Gasteiger partial charge in [0, 0.05) is 41.7 Å². The Kier molecular flexibility index (Phi) is 8.59. The standard InChI is InChI=1S/C28H33NO6/c1-18-25(27(32)23-12-7-6-11-22(23)26(18)31)21(19-14-16-20(33-4)17-15-19)10-8-9-13-24(30)29-35-28(2,3)34-5/h6-7,11-12,14-17,21H,8-10,13H2,1-5H3,(H,29,30). The highest BCUT2D eigenvalue weighted by atomic mass is 16.8. The van der Waals surface area contributed by atoms with E-state index in [1.165, 1.54) is 7.11 Å². The van der Waals surface area contributed by atoms with Crippen LogP contribution in [0.4, 0.5) is 0 Å². The van der Waals surface area contributed by atoms with Gasteiger partial charge in [-0.2, -0.15) is 0 Å². The van der Waals surface area contributed by atoms with Gasteiger partial charge in [0.25, 0.3) is 0 Å². The maximum atomic E-state index is 13.5. The van der Waals surface area contributed by atoms with Crippen molar-refractivity contribution in [3.8, 4) is 5.75 Å². The van der Waals surface area contributed by atoms with Crippen LogP contribution in [0, 0.1) is 0 Å². The summed E-state index contributed by atoms with van der Waals surface area (Å²) >= 11 is 0. The summed E-state index contributed by atoms with van der Waals surface area (Å²) in [5, 5.41) is 0. The fourth-order valence-corrected chi connectivity index (χ4v) is 4.16. The van der Waals surface area contributed by atoms with Gasteiger partial charge in [-0.05, 0) is 51.3 Å². The molecule has 2 aromatic carbocycles. The molecule has 1 amide bonds. The van der Waals surface area contributed by atoms with Crippen molar-refractivity contribution in [1.29, 1.82) is 0 Å². The van der Waals surface area contributed by atoms with Crippen molar-refractivity contribution in [3.63, 3.8) is 0 Å². The molecule has 0 aliphatic heterocycles. The molecule has 0 aromatic heterocycles. The summed E-state index contributed by atoms with van der Waals surface area (Å²) in [6.45, 7) is 5.12. The third kappa shape index (κ3) is 6.24. The molecule has 1 N–H and O–H groups in total. The molecule has 186 valence electrons. The minimum Gasteiger partial charge on any atom is -0.497 e. The van der Waals surface area contributed by atoms with Crippen molar-refractivity contribution in [1.82, 2.24) is 5.48 Å². The van der Waals surface area contributed by atoms with Crippen molar-refractivity contribution in [2.24, 2.45) is 0 Å². The first-order valence-electron chi connectivity index (χ1n) is 11.7. The van der Waals surface area contributed by atoms with Crippen LogP contribution in [0.25, 0.3) is 0 Å². The summed E-state index contributed by atoms with van der Waals surface area (Å²) in [6.07, 6.45) is 2.15. The molecule has 3 rings (SSSR count). The van der Waals surface area contributed by atoms with Crippen LogP contribution < -0.4 is 10.2 Å². The molecule has 0 radical (unpaired) electrons. The number of Topliss-reactive ketones (excluding diaryl/α,β-unsaturated/α-hetero) is 2. The summed E-state index contributed by atoms with van der Waals surface area (Å²) in [5.41, 5.74) is 5.22. The minimum absolute atomic E-state index is 0.119. The van der Waals surface area contributed by atoms with Crippen molar-refractivity contribution in [2.75, 3.05) is 14.2 Å². The van der Waals surface area contributed by atoms with E-state index in [4.69, 9.17) is 14.3 Å². The van der Waals surface area contributed by atoms with Gasteiger partial charge >= 0.3 is 0 Å². The number of unbranched alkanes of at least 4 members (excludes halogenated alkanes) is 1. The van der Waals surface area contributed by atoms with Gasteiger partial charge < -0.3 is 9.47 Å². The molecule has 7 heteroatoms. The lowest BCUT2D eigenvalue weighted by Crippen LogP contribution is -2.37. The molecular formula is C28H33NO6. The molecule has 2 aromatic rings. The number of nitrogens with one attached hydrogen (secondary N) is 1. The molecule has 0 fully saturated rings. The van der Waals surface area contributed by atoms with E-state index in [1.54, 1.807) is 52.1 Å². The number of carbonyl (C=O) groups excluding carboxylic acids is 3. The SMILES string of the molecule is COc1ccc(C(CCCCC(=O)NOC(C)(C)OC)C2=C(C)C(=O)c3ccccc3C2=O)cc1. The molecule has 0 spiro atoms. The molecule has 7 nitrogen and oxygen atoms in total. The maximum Gasteiger partial charge on any atom is 0.243 e. The molecule has 0 bridgehead atoms. The Morgan fingerprint density at radius 1 is 0.943 bits per heavy atom. The molecule has 0 saturated heterocycles. The normalized spacial score (nSPS) is 14.5. The largest absolute Gasteiger partial charge is 0.497 e. The van der Waals surface area contributed by atoms with E-state index in [-0.39, 0.29) is 29.8 Å². The zero-order valence-corrected chi connectivity index (χ0v) is 21.0. The lowest BCUT2D eigenvalue weighted by atomic mass is 9.75. The predicted octanol–water partition coefficient (Wildman–Crippen LogP) is 5.17. The van der Waals surface area contributed by atoms with Crippen LogP contribution in [0.2, 0.25) is 0 Å². The van der Waals surface area contributed by atoms with Crippen LogP contribution in [0.15, 0.2) is 59.7 Å². The lowest BCUT2D eigenvalue weighted by molar-refractivity contribution is -0.231. The number of benzene rings is 2. The van der Waals surface area contributed by atoms with Gasteiger partial charge in [-0.3, -0.25) is 14.4 Å². The van der Waals surface area contributed by atoms with Crippen molar-refractivity contribution in [2.45, 2.75) is 58.2 Å². The van der Waals surface area contributed by atoms with Crippen molar-refractivity contribution < 1.29 is 28.7 Å². The van der Waals surface area contributed by atoms with Crippen LogP contribution in [-0.2, 0) is 14.4 Å². The van der Waals surface area contributed by atoms with E-state index < -0.39 is 5.79 Å². The second kappa shape index (κ2) is 11.4. The van der Waals surface area contributed by atoms with E-state index in [1.807, 2.05) is 24.3 Å². The van der Waals surface area contributed by atoms with Crippen LogP contribution in [0.1, 0.15) is 78.7 Å². The second-order valence-electron chi connectivity index (χ2n) is 9.05. The third-order valence-electron chi connectivity index (χ3n) is 6.32. The highest BCUT2D eigenvalue weighted by Crippen LogP contribution is 2.38. The van der Waals surface area contributed by atoms with Gasteiger partial charge in [0.1, 0.15) is 5.75 Å². The van der Waals surface area contributed by atoms with E-state index in [0.29, 0.717) is 47.3 Å². The van der Waals surface area contributed by atoms with E-state index in [9.17, 15) is 14.4 Å². The highest BCUT2D eigenvalue weighted by Gasteiger charge is 2.34. The van der Waals surface area contributed by atoms with Crippen LogP contribution in [0.3, 0.4) is 0 Å². The third-order valence-corrected chi connectivity index (χ3v) is 6.32. The van der Waals surface area contributed by atoms with Crippen molar-refractivity contribution >= 4 is 17.5 Å². The quantitative estimate of drug-likeness (QED) is 0.272.